The molecule has 0 radical (unpaired) electrons. The maximum absolute atomic E-state index is 7.02. The first-order chi connectivity index (χ1) is 30.8. The van der Waals surface area contributed by atoms with Crippen LogP contribution in [0.4, 0.5) is 17.1 Å². The largest absolute Gasteiger partial charge is 0.456 e. The highest BCUT2D eigenvalue weighted by Crippen LogP contribution is 2.54. The Morgan fingerprint density at radius 2 is 0.629 bits per heavy atom. The number of anilines is 3. The fourth-order valence-electron chi connectivity index (χ4n) is 8.97. The van der Waals surface area contributed by atoms with Crippen molar-refractivity contribution in [3.63, 3.8) is 0 Å². The Morgan fingerprint density at radius 3 is 1.19 bits per heavy atom. The molecule has 0 saturated heterocycles. The molecule has 0 atom stereocenters. The van der Waals surface area contributed by atoms with Gasteiger partial charge in [-0.25, -0.2) is 0 Å². The van der Waals surface area contributed by atoms with Crippen molar-refractivity contribution in [3.8, 4) is 89.4 Å². The molecular weight excluding hydrogens is 751 g/mol. The van der Waals surface area contributed by atoms with Crippen molar-refractivity contribution < 1.29 is 4.74 Å². The van der Waals surface area contributed by atoms with Crippen LogP contribution in [0.5, 0.6) is 11.5 Å². The molecule has 2 nitrogen and oxygen atoms in total. The van der Waals surface area contributed by atoms with E-state index in [1.54, 1.807) is 0 Å². The monoisotopic (exact) mass is 791 g/mol. The second kappa shape index (κ2) is 16.1. The van der Waals surface area contributed by atoms with E-state index >= 15 is 0 Å². The first kappa shape index (κ1) is 36.8. The normalized spacial score (nSPS) is 11.4. The lowest BCUT2D eigenvalue weighted by Gasteiger charge is -2.28. The van der Waals surface area contributed by atoms with E-state index in [9.17, 15) is 0 Å². The molecule has 1 heterocycles. The highest BCUT2D eigenvalue weighted by molar-refractivity contribution is 6.03. The SMILES string of the molecule is c1ccc(-c2ccc(N(c3ccc(-c4cccc5c4-c4ccc(-c6ccccc6)cc4-c4c(cccc4-c4ccccc4)O5)cc3)c3ccccc3-c3ccccc3)cc2)cc1. The van der Waals surface area contributed by atoms with E-state index < -0.39 is 0 Å². The van der Waals surface area contributed by atoms with Gasteiger partial charge in [-0.05, 0) is 110 Å². The van der Waals surface area contributed by atoms with Crippen LogP contribution in [0.15, 0.2) is 249 Å². The molecular formula is C60H41NO. The van der Waals surface area contributed by atoms with E-state index in [1.165, 1.54) is 22.3 Å². The van der Waals surface area contributed by atoms with Gasteiger partial charge in [0.2, 0.25) is 0 Å². The van der Waals surface area contributed by atoms with Crippen LogP contribution < -0.4 is 9.64 Å². The summed E-state index contributed by atoms with van der Waals surface area (Å²) in [5, 5.41) is 0. The molecule has 0 fully saturated rings. The number of hydrogen-bond donors (Lipinski definition) is 0. The Labute approximate surface area is 363 Å². The molecule has 10 aromatic rings. The zero-order valence-electron chi connectivity index (χ0n) is 34.0. The van der Waals surface area contributed by atoms with Gasteiger partial charge >= 0.3 is 0 Å². The Morgan fingerprint density at radius 1 is 0.242 bits per heavy atom. The third-order valence-electron chi connectivity index (χ3n) is 11.9. The van der Waals surface area contributed by atoms with Crippen LogP contribution in [0.2, 0.25) is 0 Å². The smallest absolute Gasteiger partial charge is 0.135 e. The zero-order valence-corrected chi connectivity index (χ0v) is 34.0. The average molecular weight is 792 g/mol. The number of fused-ring (bicyclic) bond motifs is 5. The molecule has 1 aliphatic heterocycles. The summed E-state index contributed by atoms with van der Waals surface area (Å²) in [6, 6.07) is 88.8. The van der Waals surface area contributed by atoms with Gasteiger partial charge in [0.25, 0.3) is 0 Å². The van der Waals surface area contributed by atoms with Gasteiger partial charge in [-0.3, -0.25) is 0 Å². The molecule has 0 bridgehead atoms. The van der Waals surface area contributed by atoms with E-state index in [0.717, 1.165) is 84.2 Å². The van der Waals surface area contributed by atoms with E-state index in [4.69, 9.17) is 4.74 Å². The van der Waals surface area contributed by atoms with Crippen LogP contribution in [0.25, 0.3) is 77.9 Å². The Kier molecular flexibility index (Phi) is 9.57. The van der Waals surface area contributed by atoms with Crippen molar-refractivity contribution in [2.45, 2.75) is 0 Å². The number of benzene rings is 10. The summed E-state index contributed by atoms with van der Waals surface area (Å²) in [5.74, 6) is 1.68. The standard InChI is InChI=1S/C60H41NO/c1-5-17-42(18-6-1)44-31-36-49(37-32-44)61(56-28-14-13-25-51(56)45-21-9-3-10-22-45)50-38-33-47(34-39-50)53-27-16-29-57-59(53)54-40-35-48(43-19-7-2-8-20-43)41-55(54)60-52(26-15-30-58(60)62-57)46-23-11-4-12-24-46/h1-41H. The number of nitrogens with zero attached hydrogens (tertiary/aromatic N) is 1. The number of para-hydroxylation sites is 1. The summed E-state index contributed by atoms with van der Waals surface area (Å²) in [7, 11) is 0. The Bertz CT molecular complexity index is 3160. The fraction of sp³-hybridized carbons (Fsp3) is 0. The van der Waals surface area contributed by atoms with Crippen LogP contribution in [0.3, 0.4) is 0 Å². The minimum atomic E-state index is 0.834. The van der Waals surface area contributed by atoms with Gasteiger partial charge in [-0.15, -0.1) is 0 Å². The van der Waals surface area contributed by atoms with Crippen molar-refractivity contribution in [3.05, 3.63) is 249 Å². The molecule has 0 aromatic heterocycles. The van der Waals surface area contributed by atoms with E-state index in [1.807, 2.05) is 0 Å². The maximum Gasteiger partial charge on any atom is 0.135 e. The van der Waals surface area contributed by atoms with Crippen molar-refractivity contribution in [2.24, 2.45) is 0 Å². The minimum Gasteiger partial charge on any atom is -0.456 e. The van der Waals surface area contributed by atoms with Crippen LogP contribution >= 0.6 is 0 Å². The van der Waals surface area contributed by atoms with Gasteiger partial charge in [-0.1, -0.05) is 200 Å². The van der Waals surface area contributed by atoms with Crippen molar-refractivity contribution >= 4 is 17.1 Å². The number of ether oxygens (including phenoxy) is 1. The van der Waals surface area contributed by atoms with Crippen LogP contribution in [-0.2, 0) is 0 Å². The minimum absolute atomic E-state index is 0.834. The highest BCUT2D eigenvalue weighted by atomic mass is 16.5. The molecule has 292 valence electrons. The molecule has 0 aliphatic carbocycles. The number of rotatable bonds is 8. The lowest BCUT2D eigenvalue weighted by molar-refractivity contribution is 0.488. The van der Waals surface area contributed by atoms with Crippen molar-refractivity contribution in [2.75, 3.05) is 4.90 Å². The molecule has 11 rings (SSSR count). The molecule has 0 N–H and O–H groups in total. The average Bonchev–Trinajstić information content (AvgIpc) is 3.50. The van der Waals surface area contributed by atoms with Gasteiger partial charge in [0, 0.05) is 28.1 Å². The number of hydrogen-bond acceptors (Lipinski definition) is 2. The lowest BCUT2D eigenvalue weighted by atomic mass is 9.85. The summed E-state index contributed by atoms with van der Waals surface area (Å²) in [4.78, 5) is 2.37. The predicted molar refractivity (Wildman–Crippen MR) is 259 cm³/mol. The second-order valence-electron chi connectivity index (χ2n) is 15.6. The van der Waals surface area contributed by atoms with Gasteiger partial charge in [-0.2, -0.15) is 0 Å². The highest BCUT2D eigenvalue weighted by Gasteiger charge is 2.27. The maximum atomic E-state index is 7.02. The van der Waals surface area contributed by atoms with Crippen molar-refractivity contribution in [1.82, 2.24) is 0 Å². The Balaban J connectivity index is 1.06. The summed E-state index contributed by atoms with van der Waals surface area (Å²) in [6.45, 7) is 0. The molecule has 1 aliphatic rings. The summed E-state index contributed by atoms with van der Waals surface area (Å²) in [6.07, 6.45) is 0. The molecule has 0 unspecified atom stereocenters. The summed E-state index contributed by atoms with van der Waals surface area (Å²) >= 11 is 0. The molecule has 2 heteroatoms. The first-order valence-electron chi connectivity index (χ1n) is 21.2. The van der Waals surface area contributed by atoms with Gasteiger partial charge in [0.1, 0.15) is 11.5 Å². The molecule has 10 aromatic carbocycles. The van der Waals surface area contributed by atoms with Crippen molar-refractivity contribution in [1.29, 1.82) is 0 Å². The lowest BCUT2D eigenvalue weighted by Crippen LogP contribution is -2.11. The van der Waals surface area contributed by atoms with Crippen LogP contribution in [0.1, 0.15) is 0 Å². The van der Waals surface area contributed by atoms with Crippen LogP contribution in [0, 0.1) is 0 Å². The molecule has 0 spiro atoms. The first-order valence-corrected chi connectivity index (χ1v) is 21.2. The second-order valence-corrected chi connectivity index (χ2v) is 15.6. The molecule has 0 saturated carbocycles. The van der Waals surface area contributed by atoms with E-state index in [-0.39, 0.29) is 0 Å². The van der Waals surface area contributed by atoms with Crippen LogP contribution in [-0.4, -0.2) is 0 Å². The molecule has 62 heavy (non-hydrogen) atoms. The quantitative estimate of drug-likeness (QED) is 0.152. The van der Waals surface area contributed by atoms with Gasteiger partial charge in [0.15, 0.2) is 0 Å². The van der Waals surface area contributed by atoms with Gasteiger partial charge < -0.3 is 9.64 Å². The summed E-state index contributed by atoms with van der Waals surface area (Å²) < 4.78 is 7.02. The predicted octanol–water partition coefficient (Wildman–Crippen LogP) is 16.9. The fourth-order valence-corrected chi connectivity index (χ4v) is 8.97. The zero-order chi connectivity index (χ0) is 41.2. The third kappa shape index (κ3) is 6.84. The summed E-state index contributed by atoms with van der Waals surface area (Å²) in [5.41, 5.74) is 19.3. The van der Waals surface area contributed by atoms with E-state index in [2.05, 4.69) is 254 Å². The topological polar surface area (TPSA) is 12.5 Å². The molecule has 0 amide bonds. The third-order valence-corrected chi connectivity index (χ3v) is 11.9. The van der Waals surface area contributed by atoms with Gasteiger partial charge in [0.05, 0.1) is 5.69 Å². The van der Waals surface area contributed by atoms with E-state index in [0.29, 0.717) is 0 Å². The Hall–Kier alpha value is -8.20.